The van der Waals surface area contributed by atoms with E-state index in [9.17, 15) is 4.79 Å². The molecule has 1 atom stereocenters. The monoisotopic (exact) mass is 349 g/mol. The Morgan fingerprint density at radius 1 is 1.28 bits per heavy atom. The number of ether oxygens (including phenoxy) is 1. The van der Waals surface area contributed by atoms with Gasteiger partial charge in [-0.25, -0.2) is 4.99 Å². The highest BCUT2D eigenvalue weighted by atomic mass is 32.2. The molecule has 25 heavy (non-hydrogen) atoms. The number of thioether (sulfide) groups is 1. The van der Waals surface area contributed by atoms with Crippen LogP contribution in [-0.2, 0) is 4.79 Å². The minimum absolute atomic E-state index is 0.116. The summed E-state index contributed by atoms with van der Waals surface area (Å²) in [5.41, 5.74) is 2.67. The van der Waals surface area contributed by atoms with Crippen LogP contribution in [-0.4, -0.2) is 22.2 Å². The minimum atomic E-state index is -0.153. The van der Waals surface area contributed by atoms with Crippen molar-refractivity contribution in [2.75, 3.05) is 0 Å². The van der Waals surface area contributed by atoms with Gasteiger partial charge in [0.25, 0.3) is 5.91 Å². The number of para-hydroxylation sites is 1. The fourth-order valence-corrected chi connectivity index (χ4v) is 3.43. The van der Waals surface area contributed by atoms with Crippen molar-refractivity contribution in [3.63, 3.8) is 0 Å². The average Bonchev–Trinajstić information content (AvgIpc) is 2.95. The molecule has 2 aliphatic heterocycles. The molecular weight excluding hydrogens is 334 g/mol. The number of hydrogen-bond acceptors (Lipinski definition) is 5. The highest BCUT2D eigenvalue weighted by Crippen LogP contribution is 2.33. The molecule has 1 amide bonds. The Morgan fingerprint density at radius 2 is 2.16 bits per heavy atom. The van der Waals surface area contributed by atoms with Gasteiger partial charge in [-0.3, -0.25) is 9.78 Å². The Balaban J connectivity index is 1.61. The zero-order valence-electron chi connectivity index (χ0n) is 13.5. The molecular formula is C19H15N3O2S. The minimum Gasteiger partial charge on any atom is -0.485 e. The standard InChI is InChI=1S/C19H15N3O2S/c1-12-14(9-13-5-2-3-7-16(13)24-12)10-17-18(23)22-19(25-17)21-15-6-4-8-20-11-15/h2-12H,1H3,(H,21,22,23)/b17-10-/t12-/m1/s1. The molecule has 4 rings (SSSR count). The molecule has 0 bridgehead atoms. The summed E-state index contributed by atoms with van der Waals surface area (Å²) < 4.78 is 5.92. The maximum atomic E-state index is 12.2. The SMILES string of the molecule is C[C@H]1Oc2ccccc2C=C1/C=C1\SC(=Nc2cccnc2)NC1=O. The highest BCUT2D eigenvalue weighted by molar-refractivity contribution is 8.18. The molecule has 2 aliphatic rings. The van der Waals surface area contributed by atoms with Gasteiger partial charge in [0.1, 0.15) is 11.9 Å². The number of carbonyl (C=O) groups is 1. The second kappa shape index (κ2) is 6.57. The molecule has 0 aliphatic carbocycles. The number of rotatable bonds is 2. The second-order valence-electron chi connectivity index (χ2n) is 5.64. The lowest BCUT2D eigenvalue weighted by atomic mass is 10.0. The number of nitrogens with one attached hydrogen (secondary N) is 1. The Kier molecular flexibility index (Phi) is 4.11. The highest BCUT2D eigenvalue weighted by Gasteiger charge is 2.26. The molecule has 2 aromatic rings. The maximum Gasteiger partial charge on any atom is 0.264 e. The van der Waals surface area contributed by atoms with Crippen molar-refractivity contribution in [1.82, 2.24) is 10.3 Å². The van der Waals surface area contributed by atoms with Crippen molar-refractivity contribution in [2.24, 2.45) is 4.99 Å². The van der Waals surface area contributed by atoms with E-state index in [1.165, 1.54) is 11.8 Å². The molecule has 0 saturated carbocycles. The molecule has 5 nitrogen and oxygen atoms in total. The van der Waals surface area contributed by atoms with Crippen LogP contribution in [0, 0.1) is 0 Å². The van der Waals surface area contributed by atoms with Gasteiger partial charge >= 0.3 is 0 Å². The van der Waals surface area contributed by atoms with Gasteiger partial charge in [0, 0.05) is 11.8 Å². The molecule has 0 unspecified atom stereocenters. The van der Waals surface area contributed by atoms with Crippen molar-refractivity contribution in [3.05, 3.63) is 70.9 Å². The molecule has 1 aromatic heterocycles. The van der Waals surface area contributed by atoms with E-state index < -0.39 is 0 Å². The maximum absolute atomic E-state index is 12.2. The molecule has 1 saturated heterocycles. The van der Waals surface area contributed by atoms with Gasteiger partial charge in [0.05, 0.1) is 16.8 Å². The van der Waals surface area contributed by atoms with Gasteiger partial charge in [-0.15, -0.1) is 0 Å². The summed E-state index contributed by atoms with van der Waals surface area (Å²) in [6.07, 6.45) is 7.14. The third-order valence-corrected chi connectivity index (χ3v) is 4.75. The topological polar surface area (TPSA) is 63.6 Å². The van der Waals surface area contributed by atoms with E-state index in [2.05, 4.69) is 21.4 Å². The number of hydrogen-bond donors (Lipinski definition) is 1. The molecule has 0 spiro atoms. The predicted molar refractivity (Wildman–Crippen MR) is 99.7 cm³/mol. The van der Waals surface area contributed by atoms with Crippen molar-refractivity contribution < 1.29 is 9.53 Å². The van der Waals surface area contributed by atoms with Crippen molar-refractivity contribution in [2.45, 2.75) is 13.0 Å². The fraction of sp³-hybridized carbons (Fsp3) is 0.105. The Hall–Kier alpha value is -2.86. The third kappa shape index (κ3) is 3.34. The lowest BCUT2D eigenvalue weighted by Gasteiger charge is -2.22. The number of fused-ring (bicyclic) bond motifs is 1. The Bertz CT molecular complexity index is 919. The van der Waals surface area contributed by atoms with Crippen molar-refractivity contribution in [1.29, 1.82) is 0 Å². The number of pyridine rings is 1. The zero-order valence-corrected chi connectivity index (χ0v) is 14.3. The second-order valence-corrected chi connectivity index (χ2v) is 6.67. The Morgan fingerprint density at radius 3 is 3.00 bits per heavy atom. The first-order valence-electron chi connectivity index (χ1n) is 7.86. The van der Waals surface area contributed by atoms with E-state index in [-0.39, 0.29) is 12.0 Å². The lowest BCUT2D eigenvalue weighted by Crippen LogP contribution is -2.20. The van der Waals surface area contributed by atoms with Crippen LogP contribution in [0.4, 0.5) is 5.69 Å². The van der Waals surface area contributed by atoms with E-state index in [1.807, 2.05) is 43.3 Å². The number of aromatic nitrogens is 1. The van der Waals surface area contributed by atoms with Crippen LogP contribution in [0.1, 0.15) is 12.5 Å². The van der Waals surface area contributed by atoms with E-state index in [1.54, 1.807) is 18.5 Å². The zero-order chi connectivity index (χ0) is 17.2. The predicted octanol–water partition coefficient (Wildman–Crippen LogP) is 3.68. The van der Waals surface area contributed by atoms with Gasteiger partial charge < -0.3 is 10.1 Å². The summed E-state index contributed by atoms with van der Waals surface area (Å²) in [6, 6.07) is 11.5. The van der Waals surface area contributed by atoms with E-state index in [0.717, 1.165) is 16.9 Å². The van der Waals surface area contributed by atoms with Gasteiger partial charge in [-0.2, -0.15) is 0 Å². The number of amides is 1. The quantitative estimate of drug-likeness (QED) is 0.840. The molecule has 1 fully saturated rings. The van der Waals surface area contributed by atoms with E-state index >= 15 is 0 Å². The van der Waals surface area contributed by atoms with Crippen LogP contribution in [0.25, 0.3) is 6.08 Å². The number of amidine groups is 1. The van der Waals surface area contributed by atoms with Crippen molar-refractivity contribution >= 4 is 34.6 Å². The molecule has 3 heterocycles. The molecule has 1 N–H and O–H groups in total. The summed E-state index contributed by atoms with van der Waals surface area (Å²) in [5, 5.41) is 3.34. The molecule has 0 radical (unpaired) electrons. The van der Waals surface area contributed by atoms with Crippen LogP contribution >= 0.6 is 11.8 Å². The third-order valence-electron chi connectivity index (χ3n) is 3.84. The lowest BCUT2D eigenvalue weighted by molar-refractivity contribution is -0.115. The summed E-state index contributed by atoms with van der Waals surface area (Å²) in [6.45, 7) is 1.97. The van der Waals surface area contributed by atoms with Gasteiger partial charge in [-0.1, -0.05) is 18.2 Å². The smallest absolute Gasteiger partial charge is 0.264 e. The molecule has 6 heteroatoms. The normalized spacial score (nSPS) is 22.4. The number of aliphatic imine (C=N–C) groups is 1. The summed E-state index contributed by atoms with van der Waals surface area (Å²) in [7, 11) is 0. The first kappa shape index (κ1) is 15.7. The Labute approximate surface area is 149 Å². The van der Waals surface area contributed by atoms with Crippen molar-refractivity contribution in [3.8, 4) is 5.75 Å². The van der Waals surface area contributed by atoms with Crippen LogP contribution < -0.4 is 10.1 Å². The van der Waals surface area contributed by atoms with Crippen LogP contribution in [0.15, 0.2) is 70.3 Å². The first-order chi connectivity index (χ1) is 12.2. The van der Waals surface area contributed by atoms with Gasteiger partial charge in [-0.05, 0) is 54.6 Å². The number of carbonyl (C=O) groups excluding carboxylic acids is 1. The fourth-order valence-electron chi connectivity index (χ4n) is 2.59. The average molecular weight is 349 g/mol. The van der Waals surface area contributed by atoms with Gasteiger partial charge in [0.2, 0.25) is 0 Å². The summed E-state index contributed by atoms with van der Waals surface area (Å²) in [5.74, 6) is 0.708. The first-order valence-corrected chi connectivity index (χ1v) is 8.67. The van der Waals surface area contributed by atoms with E-state index in [4.69, 9.17) is 4.74 Å². The summed E-state index contributed by atoms with van der Waals surface area (Å²) in [4.78, 5) is 21.3. The van der Waals surface area contributed by atoms with Gasteiger partial charge in [0.15, 0.2) is 5.17 Å². The molecule has 124 valence electrons. The molecule has 1 aromatic carbocycles. The summed E-state index contributed by atoms with van der Waals surface area (Å²) >= 11 is 1.32. The number of nitrogens with zero attached hydrogens (tertiary/aromatic N) is 2. The van der Waals surface area contributed by atoms with Crippen LogP contribution in [0.2, 0.25) is 0 Å². The van der Waals surface area contributed by atoms with E-state index in [0.29, 0.717) is 15.8 Å². The number of benzene rings is 1. The van der Waals surface area contributed by atoms with Crippen LogP contribution in [0.3, 0.4) is 0 Å². The largest absolute Gasteiger partial charge is 0.485 e. The van der Waals surface area contributed by atoms with Crippen LogP contribution in [0.5, 0.6) is 5.75 Å².